The number of nitrogens with two attached hydrogens (primary N) is 1. The van der Waals surface area contributed by atoms with Gasteiger partial charge in [0.25, 0.3) is 0 Å². The lowest BCUT2D eigenvalue weighted by Crippen LogP contribution is -2.35. The first-order valence-electron chi connectivity index (χ1n) is 7.12. The lowest BCUT2D eigenvalue weighted by Gasteiger charge is -2.14. The highest BCUT2D eigenvalue weighted by molar-refractivity contribution is 5.85. The van der Waals surface area contributed by atoms with Crippen LogP contribution in [0, 0.1) is 18.6 Å². The van der Waals surface area contributed by atoms with E-state index in [1.165, 1.54) is 11.6 Å². The van der Waals surface area contributed by atoms with Crippen molar-refractivity contribution >= 4 is 5.84 Å². The van der Waals surface area contributed by atoms with Gasteiger partial charge in [-0.15, -0.1) is 0 Å². The van der Waals surface area contributed by atoms with Crippen molar-refractivity contribution in [2.75, 3.05) is 6.54 Å². The van der Waals surface area contributed by atoms with Crippen LogP contribution in [0.4, 0.5) is 8.78 Å². The minimum atomic E-state index is -0.852. The van der Waals surface area contributed by atoms with Crippen molar-refractivity contribution in [2.45, 2.75) is 19.4 Å². The van der Waals surface area contributed by atoms with Gasteiger partial charge >= 0.3 is 0 Å². The molecule has 5 heteroatoms. The molecular formula is C17H17F2N3. The maximum absolute atomic E-state index is 13.3. The van der Waals surface area contributed by atoms with Gasteiger partial charge in [-0.1, -0.05) is 35.9 Å². The zero-order valence-corrected chi connectivity index (χ0v) is 12.3. The van der Waals surface area contributed by atoms with E-state index in [0.717, 1.165) is 11.6 Å². The van der Waals surface area contributed by atoms with Gasteiger partial charge in [0, 0.05) is 6.42 Å². The SMILES string of the molecule is Cc1ccc(C2CN(N)C(Cc3ccc(F)c(F)c3)=N2)cc1. The fourth-order valence-corrected chi connectivity index (χ4v) is 2.53. The molecule has 0 amide bonds. The molecule has 2 N–H and O–H groups in total. The fraction of sp³-hybridized carbons (Fsp3) is 0.235. The van der Waals surface area contributed by atoms with Crippen molar-refractivity contribution in [2.24, 2.45) is 10.8 Å². The van der Waals surface area contributed by atoms with E-state index in [2.05, 4.69) is 4.99 Å². The number of amidine groups is 1. The molecule has 3 rings (SSSR count). The molecule has 114 valence electrons. The van der Waals surface area contributed by atoms with E-state index in [4.69, 9.17) is 5.84 Å². The summed E-state index contributed by atoms with van der Waals surface area (Å²) in [5, 5.41) is 1.58. The van der Waals surface area contributed by atoms with Gasteiger partial charge < -0.3 is 0 Å². The standard InChI is InChI=1S/C17H17F2N3/c1-11-2-5-13(6-3-11)16-10-22(20)17(21-16)9-12-4-7-14(18)15(19)8-12/h2-8,16H,9-10,20H2,1H3. The summed E-state index contributed by atoms with van der Waals surface area (Å²) in [6.07, 6.45) is 0.385. The number of aliphatic imine (C=N–C) groups is 1. The van der Waals surface area contributed by atoms with Crippen molar-refractivity contribution in [1.82, 2.24) is 5.01 Å². The van der Waals surface area contributed by atoms with E-state index < -0.39 is 11.6 Å². The van der Waals surface area contributed by atoms with Crippen molar-refractivity contribution in [3.05, 3.63) is 70.8 Å². The summed E-state index contributed by atoms with van der Waals surface area (Å²) in [5.74, 6) is 4.96. The molecule has 0 bridgehead atoms. The van der Waals surface area contributed by atoms with E-state index in [-0.39, 0.29) is 6.04 Å². The van der Waals surface area contributed by atoms with Gasteiger partial charge in [-0.3, -0.25) is 10.0 Å². The van der Waals surface area contributed by atoms with Crippen molar-refractivity contribution in [3.63, 3.8) is 0 Å². The van der Waals surface area contributed by atoms with E-state index >= 15 is 0 Å². The van der Waals surface area contributed by atoms with Crippen molar-refractivity contribution in [3.8, 4) is 0 Å². The normalized spacial score (nSPS) is 17.7. The Morgan fingerprint density at radius 1 is 1.14 bits per heavy atom. The second kappa shape index (κ2) is 5.85. The number of nitrogens with zero attached hydrogens (tertiary/aromatic N) is 2. The lowest BCUT2D eigenvalue weighted by atomic mass is 10.1. The van der Waals surface area contributed by atoms with Crippen LogP contribution in [0.1, 0.15) is 22.7 Å². The minimum absolute atomic E-state index is 0.0223. The van der Waals surface area contributed by atoms with Gasteiger partial charge in [0.05, 0.1) is 12.6 Å². The van der Waals surface area contributed by atoms with E-state index in [9.17, 15) is 8.78 Å². The highest BCUT2D eigenvalue weighted by Crippen LogP contribution is 2.25. The maximum atomic E-state index is 13.3. The smallest absolute Gasteiger partial charge is 0.159 e. The average Bonchev–Trinajstić information content (AvgIpc) is 2.85. The van der Waals surface area contributed by atoms with Crippen LogP contribution in [-0.4, -0.2) is 17.4 Å². The van der Waals surface area contributed by atoms with Crippen LogP contribution in [0.3, 0.4) is 0 Å². The molecular weight excluding hydrogens is 284 g/mol. The Hall–Kier alpha value is -2.27. The van der Waals surface area contributed by atoms with Gasteiger partial charge in [0.2, 0.25) is 0 Å². The first-order chi connectivity index (χ1) is 10.5. The minimum Gasteiger partial charge on any atom is -0.296 e. The van der Waals surface area contributed by atoms with E-state index in [1.54, 1.807) is 11.1 Å². The number of hydrogen-bond donors (Lipinski definition) is 1. The van der Waals surface area contributed by atoms with Gasteiger partial charge in [-0.25, -0.2) is 14.6 Å². The summed E-state index contributed by atoms with van der Waals surface area (Å²) >= 11 is 0. The average molecular weight is 301 g/mol. The third-order valence-electron chi connectivity index (χ3n) is 3.81. The summed E-state index contributed by atoms with van der Waals surface area (Å²) in [6.45, 7) is 2.62. The summed E-state index contributed by atoms with van der Waals surface area (Å²) < 4.78 is 26.2. The lowest BCUT2D eigenvalue weighted by molar-refractivity contribution is 0.442. The number of rotatable bonds is 3. The second-order valence-corrected chi connectivity index (χ2v) is 5.55. The second-order valence-electron chi connectivity index (χ2n) is 5.55. The van der Waals surface area contributed by atoms with E-state index in [0.29, 0.717) is 24.4 Å². The van der Waals surface area contributed by atoms with Crippen LogP contribution in [0.2, 0.25) is 0 Å². The Labute approximate surface area is 128 Å². The van der Waals surface area contributed by atoms with Crippen LogP contribution in [0.15, 0.2) is 47.5 Å². The van der Waals surface area contributed by atoms with Crippen molar-refractivity contribution < 1.29 is 8.78 Å². The van der Waals surface area contributed by atoms with Gasteiger partial charge in [0.1, 0.15) is 5.84 Å². The molecule has 1 aliphatic rings. The summed E-state index contributed by atoms with van der Waals surface area (Å²) in [4.78, 5) is 4.62. The first kappa shape index (κ1) is 14.7. The molecule has 0 radical (unpaired) electrons. The molecule has 0 aromatic heterocycles. The number of hydrazine groups is 1. The molecule has 0 aliphatic carbocycles. The highest BCUT2D eigenvalue weighted by Gasteiger charge is 2.24. The Bertz CT molecular complexity index is 710. The molecule has 1 heterocycles. The van der Waals surface area contributed by atoms with Crippen LogP contribution in [0.25, 0.3) is 0 Å². The van der Waals surface area contributed by atoms with Crippen LogP contribution >= 0.6 is 0 Å². The number of halogens is 2. The van der Waals surface area contributed by atoms with Gasteiger partial charge in [-0.2, -0.15) is 0 Å². The molecule has 3 nitrogen and oxygen atoms in total. The summed E-state index contributed by atoms with van der Waals surface area (Å²) in [5.41, 5.74) is 2.94. The molecule has 1 unspecified atom stereocenters. The molecule has 1 aliphatic heterocycles. The maximum Gasteiger partial charge on any atom is 0.159 e. The first-order valence-corrected chi connectivity index (χ1v) is 7.12. The molecule has 0 spiro atoms. The monoisotopic (exact) mass is 301 g/mol. The Morgan fingerprint density at radius 2 is 1.86 bits per heavy atom. The Kier molecular flexibility index (Phi) is 3.90. The van der Waals surface area contributed by atoms with Crippen LogP contribution in [-0.2, 0) is 6.42 Å². The van der Waals surface area contributed by atoms with Gasteiger partial charge in [0.15, 0.2) is 11.6 Å². The zero-order chi connectivity index (χ0) is 15.7. The zero-order valence-electron chi connectivity index (χ0n) is 12.3. The quantitative estimate of drug-likeness (QED) is 0.885. The number of aryl methyl sites for hydroxylation is 1. The largest absolute Gasteiger partial charge is 0.296 e. The highest BCUT2D eigenvalue weighted by atomic mass is 19.2. The summed E-state index contributed by atoms with van der Waals surface area (Å²) in [7, 11) is 0. The molecule has 2 aromatic rings. The summed E-state index contributed by atoms with van der Waals surface area (Å²) in [6, 6.07) is 12.0. The van der Waals surface area contributed by atoms with Crippen molar-refractivity contribution in [1.29, 1.82) is 0 Å². The third-order valence-corrected chi connectivity index (χ3v) is 3.81. The molecule has 0 fully saturated rings. The van der Waals surface area contributed by atoms with Gasteiger partial charge in [-0.05, 0) is 30.2 Å². The third kappa shape index (κ3) is 2.99. The number of benzene rings is 2. The molecule has 22 heavy (non-hydrogen) atoms. The topological polar surface area (TPSA) is 41.6 Å². The molecule has 0 saturated carbocycles. The predicted molar refractivity (Wildman–Crippen MR) is 82.3 cm³/mol. The fourth-order valence-electron chi connectivity index (χ4n) is 2.53. The molecule has 1 atom stereocenters. The number of hydrogen-bond acceptors (Lipinski definition) is 3. The Balaban J connectivity index is 1.79. The molecule has 2 aromatic carbocycles. The van der Waals surface area contributed by atoms with Crippen LogP contribution < -0.4 is 5.84 Å². The predicted octanol–water partition coefficient (Wildman–Crippen LogP) is 3.14. The molecule has 0 saturated heterocycles. The van der Waals surface area contributed by atoms with E-state index in [1.807, 2.05) is 31.2 Å². The Morgan fingerprint density at radius 3 is 2.55 bits per heavy atom. The van der Waals surface area contributed by atoms with Crippen LogP contribution in [0.5, 0.6) is 0 Å².